The first-order valence-corrected chi connectivity index (χ1v) is 12.4. The minimum atomic E-state index is -0.524. The molecule has 0 spiro atoms. The first-order valence-electron chi connectivity index (χ1n) is 12.4. The summed E-state index contributed by atoms with van der Waals surface area (Å²) in [7, 11) is 0. The van der Waals surface area contributed by atoms with Crippen molar-refractivity contribution < 1.29 is 10.2 Å². The smallest absolute Gasteiger partial charge is 0.0591 e. The van der Waals surface area contributed by atoms with E-state index < -0.39 is 5.60 Å². The maximum Gasteiger partial charge on any atom is 0.0591 e. The summed E-state index contributed by atoms with van der Waals surface area (Å²) in [5.41, 5.74) is 0.495. The van der Waals surface area contributed by atoms with Crippen LogP contribution in [0.1, 0.15) is 105 Å². The van der Waals surface area contributed by atoms with Crippen LogP contribution >= 0.6 is 0 Å². The largest absolute Gasteiger partial charge is 0.393 e. The molecular formula is C26H46O2. The van der Waals surface area contributed by atoms with Gasteiger partial charge in [0.2, 0.25) is 0 Å². The van der Waals surface area contributed by atoms with E-state index in [0.29, 0.717) is 10.8 Å². The van der Waals surface area contributed by atoms with E-state index in [4.69, 9.17) is 0 Å². The Kier molecular flexibility index (Phi) is 5.49. The molecule has 8 unspecified atom stereocenters. The predicted molar refractivity (Wildman–Crippen MR) is 116 cm³/mol. The molecule has 0 heterocycles. The van der Waals surface area contributed by atoms with Crippen LogP contribution < -0.4 is 0 Å². The third-order valence-electron chi connectivity index (χ3n) is 10.6. The molecule has 4 aliphatic carbocycles. The average molecular weight is 391 g/mol. The number of hydrogen-bond donors (Lipinski definition) is 2. The molecule has 0 aromatic carbocycles. The van der Waals surface area contributed by atoms with Gasteiger partial charge in [-0.05, 0) is 131 Å². The quantitative estimate of drug-likeness (QED) is 0.600. The summed E-state index contributed by atoms with van der Waals surface area (Å²) < 4.78 is 0. The molecule has 2 nitrogen and oxygen atoms in total. The van der Waals surface area contributed by atoms with Crippen molar-refractivity contribution >= 4 is 0 Å². The zero-order valence-corrected chi connectivity index (χ0v) is 19.2. The minimum Gasteiger partial charge on any atom is -0.393 e. The Hall–Kier alpha value is -0.0800. The van der Waals surface area contributed by atoms with Crippen molar-refractivity contribution in [1.82, 2.24) is 0 Å². The van der Waals surface area contributed by atoms with Crippen LogP contribution in [0, 0.1) is 46.3 Å². The lowest BCUT2D eigenvalue weighted by molar-refractivity contribution is -0.129. The molecule has 4 rings (SSSR count). The Bertz CT molecular complexity index is 565. The summed E-state index contributed by atoms with van der Waals surface area (Å²) >= 11 is 0. The molecule has 28 heavy (non-hydrogen) atoms. The summed E-state index contributed by atoms with van der Waals surface area (Å²) in [6.07, 6.45) is 13.9. The fourth-order valence-electron chi connectivity index (χ4n) is 8.99. The SMILES string of the molecule is C[C@H](CCC(C)(C)O)C1CCC2C3CCC4CC(O)CCC4(C)C3CCC21C. The number of fused-ring (bicyclic) bond motifs is 5. The van der Waals surface area contributed by atoms with Crippen molar-refractivity contribution in [2.24, 2.45) is 46.3 Å². The molecule has 0 aromatic heterocycles. The number of hydrogen-bond acceptors (Lipinski definition) is 2. The van der Waals surface area contributed by atoms with Crippen LogP contribution in [0.2, 0.25) is 0 Å². The van der Waals surface area contributed by atoms with Gasteiger partial charge in [0.15, 0.2) is 0 Å². The third-order valence-corrected chi connectivity index (χ3v) is 10.6. The van der Waals surface area contributed by atoms with Crippen LogP contribution in [0.3, 0.4) is 0 Å². The fraction of sp³-hybridized carbons (Fsp3) is 1.00. The van der Waals surface area contributed by atoms with E-state index in [1.54, 1.807) is 0 Å². The number of rotatable bonds is 4. The van der Waals surface area contributed by atoms with E-state index in [0.717, 1.165) is 54.8 Å². The van der Waals surface area contributed by atoms with E-state index in [1.165, 1.54) is 51.4 Å². The summed E-state index contributed by atoms with van der Waals surface area (Å²) in [5.74, 6) is 5.11. The van der Waals surface area contributed by atoms with E-state index in [9.17, 15) is 10.2 Å². The third kappa shape index (κ3) is 3.49. The molecule has 2 N–H and O–H groups in total. The Morgan fingerprint density at radius 3 is 2.32 bits per heavy atom. The standard InChI is InChI=1S/C26H46O2/c1-17(10-13-24(2,3)28)21-8-9-22-20-7-6-18-16-19(27)11-14-25(18,4)23(20)12-15-26(21,22)5/h17-23,27-28H,6-16H2,1-5H3/t17-,18?,19?,20?,21?,22?,23?,25?,26?/m1/s1. The van der Waals surface area contributed by atoms with Crippen LogP contribution in [0.4, 0.5) is 0 Å². The highest BCUT2D eigenvalue weighted by Crippen LogP contribution is 2.68. The van der Waals surface area contributed by atoms with Crippen molar-refractivity contribution in [3.8, 4) is 0 Å². The average Bonchev–Trinajstić information content (AvgIpc) is 2.97. The summed E-state index contributed by atoms with van der Waals surface area (Å²) in [4.78, 5) is 0. The molecule has 0 aromatic rings. The molecule has 0 saturated heterocycles. The minimum absolute atomic E-state index is 0.0315. The predicted octanol–water partition coefficient (Wildman–Crippen LogP) is 6.19. The van der Waals surface area contributed by atoms with Crippen molar-refractivity contribution in [3.05, 3.63) is 0 Å². The molecule has 2 heteroatoms. The van der Waals surface area contributed by atoms with E-state index in [-0.39, 0.29) is 6.10 Å². The molecule has 0 aliphatic heterocycles. The van der Waals surface area contributed by atoms with Gasteiger partial charge in [-0.1, -0.05) is 20.8 Å². The second kappa shape index (κ2) is 7.26. The Labute approximate surface area is 173 Å². The van der Waals surface area contributed by atoms with E-state index in [1.807, 2.05) is 13.8 Å². The van der Waals surface area contributed by atoms with Gasteiger partial charge in [-0.25, -0.2) is 0 Å². The van der Waals surface area contributed by atoms with Crippen LogP contribution in [0.15, 0.2) is 0 Å². The Morgan fingerprint density at radius 2 is 1.61 bits per heavy atom. The van der Waals surface area contributed by atoms with Gasteiger partial charge in [0.25, 0.3) is 0 Å². The zero-order valence-electron chi connectivity index (χ0n) is 19.2. The molecule has 0 amide bonds. The lowest BCUT2D eigenvalue weighted by Crippen LogP contribution is -2.54. The highest BCUT2D eigenvalue weighted by molar-refractivity contribution is 5.09. The molecule has 4 aliphatic rings. The molecule has 4 saturated carbocycles. The van der Waals surface area contributed by atoms with Gasteiger partial charge in [-0.3, -0.25) is 0 Å². The Morgan fingerprint density at radius 1 is 0.929 bits per heavy atom. The topological polar surface area (TPSA) is 40.5 Å². The molecule has 162 valence electrons. The van der Waals surface area contributed by atoms with Crippen molar-refractivity contribution in [3.63, 3.8) is 0 Å². The summed E-state index contributed by atoms with van der Waals surface area (Å²) in [5, 5.41) is 20.4. The maximum atomic E-state index is 10.2. The van der Waals surface area contributed by atoms with Gasteiger partial charge in [0.1, 0.15) is 0 Å². The zero-order chi connectivity index (χ0) is 20.3. The van der Waals surface area contributed by atoms with Gasteiger partial charge in [0, 0.05) is 0 Å². The summed E-state index contributed by atoms with van der Waals surface area (Å²) in [6.45, 7) is 11.6. The second-order valence-electron chi connectivity index (χ2n) is 12.6. The van der Waals surface area contributed by atoms with Crippen molar-refractivity contribution in [1.29, 1.82) is 0 Å². The molecule has 0 bridgehead atoms. The van der Waals surface area contributed by atoms with Crippen LogP contribution in [-0.2, 0) is 0 Å². The lowest BCUT2D eigenvalue weighted by Gasteiger charge is -2.61. The van der Waals surface area contributed by atoms with Crippen LogP contribution in [0.25, 0.3) is 0 Å². The molecule has 4 fully saturated rings. The number of aliphatic hydroxyl groups is 2. The van der Waals surface area contributed by atoms with Gasteiger partial charge >= 0.3 is 0 Å². The van der Waals surface area contributed by atoms with Gasteiger partial charge in [0.05, 0.1) is 11.7 Å². The van der Waals surface area contributed by atoms with Gasteiger partial charge in [-0.2, -0.15) is 0 Å². The summed E-state index contributed by atoms with van der Waals surface area (Å²) in [6, 6.07) is 0. The van der Waals surface area contributed by atoms with Crippen molar-refractivity contribution in [2.75, 3.05) is 0 Å². The monoisotopic (exact) mass is 390 g/mol. The first-order chi connectivity index (χ1) is 13.0. The van der Waals surface area contributed by atoms with Gasteiger partial charge in [-0.15, -0.1) is 0 Å². The normalized spacial score (nSPS) is 49.8. The fourth-order valence-corrected chi connectivity index (χ4v) is 8.99. The molecule has 9 atom stereocenters. The van der Waals surface area contributed by atoms with E-state index in [2.05, 4.69) is 20.8 Å². The van der Waals surface area contributed by atoms with Crippen molar-refractivity contribution in [2.45, 2.75) is 117 Å². The van der Waals surface area contributed by atoms with E-state index >= 15 is 0 Å². The highest BCUT2D eigenvalue weighted by Gasteiger charge is 2.60. The number of aliphatic hydroxyl groups excluding tert-OH is 1. The van der Waals surface area contributed by atoms with Gasteiger partial charge < -0.3 is 10.2 Å². The molecular weight excluding hydrogens is 344 g/mol. The van der Waals surface area contributed by atoms with Crippen LogP contribution in [-0.4, -0.2) is 21.9 Å². The maximum absolute atomic E-state index is 10.2. The molecule has 0 radical (unpaired) electrons. The van der Waals surface area contributed by atoms with Crippen LogP contribution in [0.5, 0.6) is 0 Å². The first kappa shape index (κ1) is 21.2. The second-order valence-corrected chi connectivity index (χ2v) is 12.6. The lowest BCUT2D eigenvalue weighted by atomic mass is 9.44. The highest BCUT2D eigenvalue weighted by atomic mass is 16.3. The Balaban J connectivity index is 1.49.